The zero-order valence-electron chi connectivity index (χ0n) is 17.2. The summed E-state index contributed by atoms with van der Waals surface area (Å²) in [5, 5.41) is 6.70. The maximum Gasteiger partial charge on any atom is 0.220 e. The van der Waals surface area contributed by atoms with Crippen molar-refractivity contribution >= 4 is 11.9 Å². The van der Waals surface area contributed by atoms with Crippen molar-refractivity contribution in [3.8, 4) is 5.75 Å². The van der Waals surface area contributed by atoms with Crippen LogP contribution in [0.2, 0.25) is 0 Å². The molecule has 7 heteroatoms. The van der Waals surface area contributed by atoms with E-state index < -0.39 is 0 Å². The number of ether oxygens (including phenoxy) is 1. The molecule has 0 spiro atoms. The highest BCUT2D eigenvalue weighted by Crippen LogP contribution is 2.18. The van der Waals surface area contributed by atoms with Gasteiger partial charge in [-0.25, -0.2) is 4.99 Å². The number of likely N-dealkylation sites (tertiary alicyclic amines) is 1. The fourth-order valence-electron chi connectivity index (χ4n) is 3.45. The van der Waals surface area contributed by atoms with E-state index in [2.05, 4.69) is 27.4 Å². The molecule has 2 rings (SSSR count). The second-order valence-corrected chi connectivity index (χ2v) is 7.16. The Kier molecular flexibility index (Phi) is 9.62. The van der Waals surface area contributed by atoms with Gasteiger partial charge in [-0.2, -0.15) is 0 Å². The number of primary amides is 1. The van der Waals surface area contributed by atoms with Gasteiger partial charge in [-0.15, -0.1) is 0 Å². The third-order valence-electron chi connectivity index (χ3n) is 5.13. The number of piperidine rings is 1. The van der Waals surface area contributed by atoms with Crippen molar-refractivity contribution in [1.29, 1.82) is 0 Å². The molecule has 0 aliphatic carbocycles. The minimum absolute atomic E-state index is 0.0695. The lowest BCUT2D eigenvalue weighted by molar-refractivity contribution is -0.123. The predicted molar refractivity (Wildman–Crippen MR) is 113 cm³/mol. The molecular formula is C21H35N5O2. The van der Waals surface area contributed by atoms with E-state index in [1.54, 1.807) is 7.11 Å². The highest BCUT2D eigenvalue weighted by atomic mass is 16.5. The summed E-state index contributed by atoms with van der Waals surface area (Å²) in [6.45, 7) is 7.38. The zero-order chi connectivity index (χ0) is 20.2. The summed E-state index contributed by atoms with van der Waals surface area (Å²) in [5.74, 6) is 1.62. The average Bonchev–Trinajstić information content (AvgIpc) is 2.72. The summed E-state index contributed by atoms with van der Waals surface area (Å²) >= 11 is 0. The first kappa shape index (κ1) is 22.0. The molecule has 1 aliphatic heterocycles. The Morgan fingerprint density at radius 2 is 2.00 bits per heavy atom. The quantitative estimate of drug-likeness (QED) is 0.322. The van der Waals surface area contributed by atoms with Crippen LogP contribution in [-0.4, -0.2) is 56.6 Å². The largest absolute Gasteiger partial charge is 0.496 e. The summed E-state index contributed by atoms with van der Waals surface area (Å²) in [6.07, 6.45) is 4.00. The molecule has 1 heterocycles. The number of carbonyl (C=O) groups is 1. The van der Waals surface area contributed by atoms with Crippen LogP contribution in [0.1, 0.15) is 38.2 Å². The van der Waals surface area contributed by atoms with Crippen molar-refractivity contribution in [2.24, 2.45) is 16.6 Å². The van der Waals surface area contributed by atoms with Gasteiger partial charge in [-0.1, -0.05) is 18.2 Å². The van der Waals surface area contributed by atoms with Gasteiger partial charge < -0.3 is 26.0 Å². The Hall–Kier alpha value is -2.28. The van der Waals surface area contributed by atoms with Crippen LogP contribution in [0.4, 0.5) is 0 Å². The number of hydrogen-bond donors (Lipinski definition) is 3. The summed E-state index contributed by atoms with van der Waals surface area (Å²) in [5.41, 5.74) is 6.46. The van der Waals surface area contributed by atoms with E-state index in [-0.39, 0.29) is 11.8 Å². The molecule has 0 saturated carbocycles. The summed E-state index contributed by atoms with van der Waals surface area (Å²) < 4.78 is 5.39. The predicted octanol–water partition coefficient (Wildman–Crippen LogP) is 1.73. The van der Waals surface area contributed by atoms with Crippen molar-refractivity contribution in [2.45, 2.75) is 39.2 Å². The van der Waals surface area contributed by atoms with Gasteiger partial charge in [0.25, 0.3) is 0 Å². The molecule has 0 radical (unpaired) electrons. The number of nitrogens with zero attached hydrogens (tertiary/aromatic N) is 2. The highest BCUT2D eigenvalue weighted by molar-refractivity contribution is 5.79. The maximum absolute atomic E-state index is 11.2. The third-order valence-corrected chi connectivity index (χ3v) is 5.13. The molecule has 1 aromatic carbocycles. The molecule has 0 unspecified atom stereocenters. The average molecular weight is 390 g/mol. The molecule has 0 atom stereocenters. The number of carbonyl (C=O) groups excluding carboxylic acids is 1. The van der Waals surface area contributed by atoms with Gasteiger partial charge in [0, 0.05) is 24.6 Å². The SMILES string of the molecule is CCNC(=NCc1ccccc1OC)NCCCCN1CCC(C(N)=O)CC1. The van der Waals surface area contributed by atoms with Crippen molar-refractivity contribution < 1.29 is 9.53 Å². The second kappa shape index (κ2) is 12.2. The van der Waals surface area contributed by atoms with Crippen LogP contribution in [-0.2, 0) is 11.3 Å². The molecule has 1 saturated heterocycles. The van der Waals surface area contributed by atoms with Crippen LogP contribution < -0.4 is 21.1 Å². The molecule has 1 aromatic rings. The number of unbranched alkanes of at least 4 members (excludes halogenated alkanes) is 1. The second-order valence-electron chi connectivity index (χ2n) is 7.16. The number of methoxy groups -OCH3 is 1. The third kappa shape index (κ3) is 7.38. The van der Waals surface area contributed by atoms with Gasteiger partial charge in [0.2, 0.25) is 5.91 Å². The van der Waals surface area contributed by atoms with Crippen molar-refractivity contribution in [1.82, 2.24) is 15.5 Å². The summed E-state index contributed by atoms with van der Waals surface area (Å²) in [6, 6.07) is 7.95. The topological polar surface area (TPSA) is 92.0 Å². The number of benzene rings is 1. The summed E-state index contributed by atoms with van der Waals surface area (Å²) in [7, 11) is 1.68. The maximum atomic E-state index is 11.2. The van der Waals surface area contributed by atoms with Gasteiger partial charge in [-0.3, -0.25) is 4.79 Å². The molecule has 1 fully saturated rings. The van der Waals surface area contributed by atoms with Crippen LogP contribution in [0, 0.1) is 5.92 Å². The number of nitrogens with two attached hydrogens (primary N) is 1. The van der Waals surface area contributed by atoms with Gasteiger partial charge in [0.1, 0.15) is 5.75 Å². The first-order valence-corrected chi connectivity index (χ1v) is 10.3. The lowest BCUT2D eigenvalue weighted by Crippen LogP contribution is -2.39. The Labute approximate surface area is 168 Å². The Morgan fingerprint density at radius 3 is 2.68 bits per heavy atom. The number of nitrogens with one attached hydrogen (secondary N) is 2. The van der Waals surface area contributed by atoms with E-state index in [4.69, 9.17) is 10.5 Å². The molecule has 156 valence electrons. The molecule has 1 aliphatic rings. The normalized spacial score (nSPS) is 16.0. The van der Waals surface area contributed by atoms with Gasteiger partial charge >= 0.3 is 0 Å². The minimum Gasteiger partial charge on any atom is -0.496 e. The Balaban J connectivity index is 1.68. The summed E-state index contributed by atoms with van der Waals surface area (Å²) in [4.78, 5) is 18.3. The standard InChI is InChI=1S/C21H35N5O2/c1-3-23-21(25-16-18-8-4-5-9-19(18)28-2)24-12-6-7-13-26-14-10-17(11-15-26)20(22)27/h4-5,8-9,17H,3,6-7,10-16H2,1-2H3,(H2,22,27)(H2,23,24,25). The molecular weight excluding hydrogens is 354 g/mol. The van der Waals surface area contributed by atoms with Crippen LogP contribution >= 0.6 is 0 Å². The number of amides is 1. The number of para-hydroxylation sites is 1. The Morgan fingerprint density at radius 1 is 1.25 bits per heavy atom. The van der Waals surface area contributed by atoms with Crippen molar-refractivity contribution in [3.63, 3.8) is 0 Å². The van der Waals surface area contributed by atoms with Crippen LogP contribution in [0.25, 0.3) is 0 Å². The minimum atomic E-state index is -0.146. The molecule has 0 aromatic heterocycles. The lowest BCUT2D eigenvalue weighted by Gasteiger charge is -2.30. The number of rotatable bonds is 10. The fraction of sp³-hybridized carbons (Fsp3) is 0.619. The van der Waals surface area contributed by atoms with Crippen LogP contribution in [0.3, 0.4) is 0 Å². The molecule has 28 heavy (non-hydrogen) atoms. The van der Waals surface area contributed by atoms with Crippen LogP contribution in [0.15, 0.2) is 29.3 Å². The van der Waals surface area contributed by atoms with Gasteiger partial charge in [-0.05, 0) is 58.3 Å². The van der Waals surface area contributed by atoms with Crippen molar-refractivity contribution in [3.05, 3.63) is 29.8 Å². The first-order chi connectivity index (χ1) is 13.6. The zero-order valence-corrected chi connectivity index (χ0v) is 17.2. The molecule has 0 bridgehead atoms. The van der Waals surface area contributed by atoms with E-state index in [1.165, 1.54) is 0 Å². The van der Waals surface area contributed by atoms with E-state index >= 15 is 0 Å². The smallest absolute Gasteiger partial charge is 0.220 e. The van der Waals surface area contributed by atoms with E-state index in [9.17, 15) is 4.79 Å². The first-order valence-electron chi connectivity index (χ1n) is 10.3. The Bertz CT molecular complexity index is 627. The molecule has 1 amide bonds. The number of aliphatic imine (C=N–C) groups is 1. The van der Waals surface area contributed by atoms with E-state index in [1.807, 2.05) is 24.3 Å². The molecule has 7 nitrogen and oxygen atoms in total. The van der Waals surface area contributed by atoms with Crippen LogP contribution in [0.5, 0.6) is 5.75 Å². The monoisotopic (exact) mass is 389 g/mol. The fourth-order valence-corrected chi connectivity index (χ4v) is 3.45. The van der Waals surface area contributed by atoms with Gasteiger partial charge in [0.05, 0.1) is 13.7 Å². The molecule has 4 N–H and O–H groups in total. The van der Waals surface area contributed by atoms with Gasteiger partial charge in [0.15, 0.2) is 5.96 Å². The van der Waals surface area contributed by atoms with E-state index in [0.717, 1.165) is 75.7 Å². The van der Waals surface area contributed by atoms with E-state index in [0.29, 0.717) is 6.54 Å². The number of guanidine groups is 1. The lowest BCUT2D eigenvalue weighted by atomic mass is 9.96. The number of hydrogen-bond acceptors (Lipinski definition) is 4. The highest BCUT2D eigenvalue weighted by Gasteiger charge is 2.22. The van der Waals surface area contributed by atoms with Crippen molar-refractivity contribution in [2.75, 3.05) is 39.8 Å².